The molecule has 0 atom stereocenters. The molecule has 0 aliphatic heterocycles. The first-order valence-electron chi connectivity index (χ1n) is 9.68. The van der Waals surface area contributed by atoms with Gasteiger partial charge in [-0.2, -0.15) is 4.98 Å². The smallest absolute Gasteiger partial charge is 0.338 e. The summed E-state index contributed by atoms with van der Waals surface area (Å²) in [6.07, 6.45) is 0. The van der Waals surface area contributed by atoms with Crippen LogP contribution in [0.1, 0.15) is 22.8 Å². The number of rotatable bonds is 6. The lowest BCUT2D eigenvalue weighted by Crippen LogP contribution is -2.00. The fraction of sp³-hybridized carbons (Fsp3) is 0.125. The molecule has 7 heteroatoms. The van der Waals surface area contributed by atoms with Gasteiger partial charge in [-0.25, -0.2) is 9.18 Å². The molecule has 4 aromatic rings. The Hall–Kier alpha value is -4.00. The minimum atomic E-state index is -1.34. The molecule has 0 radical (unpaired) electrons. The van der Waals surface area contributed by atoms with Crippen molar-refractivity contribution in [1.29, 1.82) is 0 Å². The lowest BCUT2D eigenvalue weighted by molar-refractivity contribution is 0.0692. The Morgan fingerprint density at radius 2 is 1.84 bits per heavy atom. The standard InChI is InChI=1S/C24H19FN2O4/c1-3-30-21-13-16(9-10-18(21)17-7-5-4-6-14(17)2)23-26-22(27-31-23)15-8-11-19(24(28)29)20(25)12-15/h4-13H,3H2,1-2H3,(H,28,29). The van der Waals surface area contributed by atoms with E-state index in [4.69, 9.17) is 14.4 Å². The second kappa shape index (κ2) is 8.39. The summed E-state index contributed by atoms with van der Waals surface area (Å²) in [6.45, 7) is 4.44. The molecule has 4 rings (SSSR count). The van der Waals surface area contributed by atoms with Gasteiger partial charge in [-0.15, -0.1) is 0 Å². The van der Waals surface area contributed by atoms with E-state index in [-0.39, 0.29) is 11.7 Å². The fourth-order valence-corrected chi connectivity index (χ4v) is 3.31. The largest absolute Gasteiger partial charge is 0.493 e. The van der Waals surface area contributed by atoms with Crippen LogP contribution in [-0.4, -0.2) is 27.8 Å². The van der Waals surface area contributed by atoms with Crippen LogP contribution in [-0.2, 0) is 0 Å². The molecule has 0 spiro atoms. The molecule has 0 unspecified atom stereocenters. The van der Waals surface area contributed by atoms with E-state index in [1.165, 1.54) is 12.1 Å². The van der Waals surface area contributed by atoms with Crippen molar-refractivity contribution in [2.24, 2.45) is 0 Å². The van der Waals surface area contributed by atoms with E-state index in [0.29, 0.717) is 23.5 Å². The fourth-order valence-electron chi connectivity index (χ4n) is 3.31. The molecule has 0 amide bonds. The van der Waals surface area contributed by atoms with E-state index < -0.39 is 17.3 Å². The van der Waals surface area contributed by atoms with Gasteiger partial charge in [-0.1, -0.05) is 29.4 Å². The zero-order chi connectivity index (χ0) is 22.0. The van der Waals surface area contributed by atoms with Gasteiger partial charge in [0.2, 0.25) is 5.82 Å². The van der Waals surface area contributed by atoms with Crippen LogP contribution in [0.15, 0.2) is 65.2 Å². The minimum absolute atomic E-state index is 0.159. The normalized spacial score (nSPS) is 10.8. The number of aromatic carboxylic acids is 1. The summed E-state index contributed by atoms with van der Waals surface area (Å²) in [5.74, 6) is -1.11. The van der Waals surface area contributed by atoms with Crippen molar-refractivity contribution < 1.29 is 23.6 Å². The molecule has 0 bridgehead atoms. The van der Waals surface area contributed by atoms with Crippen LogP contribution in [0.3, 0.4) is 0 Å². The van der Waals surface area contributed by atoms with E-state index in [1.807, 2.05) is 56.3 Å². The Labute approximate surface area is 177 Å². The average Bonchev–Trinajstić information content (AvgIpc) is 3.24. The minimum Gasteiger partial charge on any atom is -0.493 e. The number of halogens is 1. The van der Waals surface area contributed by atoms with Gasteiger partial charge in [0.15, 0.2) is 0 Å². The highest BCUT2D eigenvalue weighted by Crippen LogP contribution is 2.36. The second-order valence-corrected chi connectivity index (χ2v) is 6.88. The Bertz CT molecular complexity index is 1270. The molecule has 1 heterocycles. The molecular formula is C24H19FN2O4. The number of hydrogen-bond acceptors (Lipinski definition) is 5. The third-order valence-corrected chi connectivity index (χ3v) is 4.85. The number of benzene rings is 3. The first kappa shape index (κ1) is 20.3. The van der Waals surface area contributed by atoms with E-state index in [0.717, 1.165) is 22.8 Å². The quantitative estimate of drug-likeness (QED) is 0.438. The molecule has 0 saturated carbocycles. The van der Waals surface area contributed by atoms with Crippen LogP contribution in [0.4, 0.5) is 4.39 Å². The van der Waals surface area contributed by atoms with Gasteiger partial charge in [0.05, 0.1) is 12.2 Å². The van der Waals surface area contributed by atoms with Crippen LogP contribution in [0, 0.1) is 12.7 Å². The van der Waals surface area contributed by atoms with Crippen molar-refractivity contribution in [3.05, 3.63) is 77.6 Å². The molecule has 0 aliphatic carbocycles. The number of carbonyl (C=O) groups is 1. The topological polar surface area (TPSA) is 85.5 Å². The molecule has 0 saturated heterocycles. The molecule has 31 heavy (non-hydrogen) atoms. The molecule has 3 aromatic carbocycles. The highest BCUT2D eigenvalue weighted by molar-refractivity contribution is 5.88. The van der Waals surface area contributed by atoms with Crippen molar-refractivity contribution in [3.63, 3.8) is 0 Å². The summed E-state index contributed by atoms with van der Waals surface area (Å²) in [6, 6.07) is 17.3. The first-order chi connectivity index (χ1) is 15.0. The van der Waals surface area contributed by atoms with E-state index in [1.54, 1.807) is 0 Å². The Morgan fingerprint density at radius 1 is 1.06 bits per heavy atom. The van der Waals surface area contributed by atoms with Crippen molar-refractivity contribution in [3.8, 4) is 39.7 Å². The van der Waals surface area contributed by atoms with E-state index in [9.17, 15) is 9.18 Å². The van der Waals surface area contributed by atoms with Gasteiger partial charge < -0.3 is 14.4 Å². The number of ether oxygens (including phenoxy) is 1. The van der Waals surface area contributed by atoms with Crippen molar-refractivity contribution in [2.45, 2.75) is 13.8 Å². The predicted molar refractivity (Wildman–Crippen MR) is 113 cm³/mol. The third-order valence-electron chi connectivity index (χ3n) is 4.85. The van der Waals surface area contributed by atoms with Gasteiger partial charge in [-0.05, 0) is 61.4 Å². The highest BCUT2D eigenvalue weighted by Gasteiger charge is 2.17. The maximum absolute atomic E-state index is 14.0. The SMILES string of the molecule is CCOc1cc(-c2nc(-c3ccc(C(=O)O)c(F)c3)no2)ccc1-c1ccccc1C. The Kier molecular flexibility index (Phi) is 5.49. The summed E-state index contributed by atoms with van der Waals surface area (Å²) in [7, 11) is 0. The zero-order valence-corrected chi connectivity index (χ0v) is 16.9. The summed E-state index contributed by atoms with van der Waals surface area (Å²) >= 11 is 0. The van der Waals surface area contributed by atoms with Crippen LogP contribution in [0.2, 0.25) is 0 Å². The van der Waals surface area contributed by atoms with Crippen molar-refractivity contribution in [1.82, 2.24) is 10.1 Å². The molecule has 1 N–H and O–H groups in total. The van der Waals surface area contributed by atoms with Crippen LogP contribution in [0.25, 0.3) is 34.0 Å². The molecular weight excluding hydrogens is 399 g/mol. The van der Waals surface area contributed by atoms with E-state index in [2.05, 4.69) is 10.1 Å². The van der Waals surface area contributed by atoms with Gasteiger partial charge >= 0.3 is 5.97 Å². The van der Waals surface area contributed by atoms with Gasteiger partial charge in [0, 0.05) is 16.7 Å². The maximum atomic E-state index is 14.0. The first-order valence-corrected chi connectivity index (χ1v) is 9.68. The Morgan fingerprint density at radius 3 is 2.55 bits per heavy atom. The summed E-state index contributed by atoms with van der Waals surface area (Å²) in [5.41, 5.74) is 3.71. The number of carboxylic acid groups (broad SMARTS) is 1. The maximum Gasteiger partial charge on any atom is 0.338 e. The molecule has 0 aliphatic rings. The zero-order valence-electron chi connectivity index (χ0n) is 16.9. The van der Waals surface area contributed by atoms with Gasteiger partial charge in [0.1, 0.15) is 11.6 Å². The second-order valence-electron chi connectivity index (χ2n) is 6.88. The molecule has 0 fully saturated rings. The lowest BCUT2D eigenvalue weighted by atomic mass is 9.98. The lowest BCUT2D eigenvalue weighted by Gasteiger charge is -2.13. The number of aryl methyl sites for hydroxylation is 1. The van der Waals surface area contributed by atoms with Crippen LogP contribution in [0.5, 0.6) is 5.75 Å². The number of nitrogens with zero attached hydrogens (tertiary/aromatic N) is 2. The molecule has 6 nitrogen and oxygen atoms in total. The van der Waals surface area contributed by atoms with Crippen molar-refractivity contribution >= 4 is 5.97 Å². The highest BCUT2D eigenvalue weighted by atomic mass is 19.1. The third kappa shape index (κ3) is 4.02. The van der Waals surface area contributed by atoms with E-state index >= 15 is 0 Å². The van der Waals surface area contributed by atoms with Crippen LogP contribution < -0.4 is 4.74 Å². The monoisotopic (exact) mass is 418 g/mol. The average molecular weight is 418 g/mol. The molecule has 156 valence electrons. The van der Waals surface area contributed by atoms with Gasteiger partial charge in [0.25, 0.3) is 5.89 Å². The Balaban J connectivity index is 1.70. The van der Waals surface area contributed by atoms with Gasteiger partial charge in [-0.3, -0.25) is 0 Å². The number of aromatic nitrogens is 2. The van der Waals surface area contributed by atoms with Crippen molar-refractivity contribution in [2.75, 3.05) is 6.61 Å². The van der Waals surface area contributed by atoms with Crippen LogP contribution >= 0.6 is 0 Å². The number of carboxylic acids is 1. The molecule has 1 aromatic heterocycles. The summed E-state index contributed by atoms with van der Waals surface area (Å²) < 4.78 is 25.2. The predicted octanol–water partition coefficient (Wildman–Crippen LogP) is 5.62. The summed E-state index contributed by atoms with van der Waals surface area (Å²) in [4.78, 5) is 15.3. The summed E-state index contributed by atoms with van der Waals surface area (Å²) in [5, 5.41) is 12.9. The number of hydrogen-bond donors (Lipinski definition) is 1.